The van der Waals surface area contributed by atoms with Crippen LogP contribution in [0, 0.1) is 13.8 Å². The van der Waals surface area contributed by atoms with Crippen molar-refractivity contribution >= 4 is 34.8 Å². The molecule has 0 saturated carbocycles. The summed E-state index contributed by atoms with van der Waals surface area (Å²) in [6.45, 7) is 9.39. The molecule has 7 heteroatoms. The zero-order chi connectivity index (χ0) is 19.4. The molecule has 6 nitrogen and oxygen atoms in total. The summed E-state index contributed by atoms with van der Waals surface area (Å²) in [7, 11) is 1.75. The fourth-order valence-electron chi connectivity index (χ4n) is 2.63. The molecule has 26 heavy (non-hydrogen) atoms. The minimum atomic E-state index is -0.258. The van der Waals surface area contributed by atoms with Crippen molar-refractivity contribution in [2.75, 3.05) is 10.2 Å². The van der Waals surface area contributed by atoms with Gasteiger partial charge in [0.2, 0.25) is 5.91 Å². The molecule has 0 fully saturated rings. The molecule has 2 aromatic rings. The summed E-state index contributed by atoms with van der Waals surface area (Å²) in [5.41, 5.74) is 3.74. The Balaban J connectivity index is 2.47. The number of hydrogen-bond acceptors (Lipinski definition) is 3. The predicted molar refractivity (Wildman–Crippen MR) is 104 cm³/mol. The molecule has 0 aliphatic carbocycles. The molecule has 0 atom stereocenters. The van der Waals surface area contributed by atoms with Crippen LogP contribution in [-0.2, 0) is 23.2 Å². The Kier molecular flexibility index (Phi) is 6.21. The Morgan fingerprint density at radius 1 is 1.38 bits per heavy atom. The van der Waals surface area contributed by atoms with Gasteiger partial charge < -0.3 is 10.2 Å². The second kappa shape index (κ2) is 8.19. The molecule has 1 heterocycles. The molecular weight excluding hydrogens is 352 g/mol. The minimum absolute atomic E-state index is 0.0902. The molecule has 0 saturated heterocycles. The van der Waals surface area contributed by atoms with E-state index in [-0.39, 0.29) is 18.4 Å². The average molecular weight is 375 g/mol. The molecule has 2 amide bonds. The Hall–Kier alpha value is -2.60. The van der Waals surface area contributed by atoms with Crippen molar-refractivity contribution in [3.8, 4) is 0 Å². The van der Waals surface area contributed by atoms with Gasteiger partial charge in [0.15, 0.2) is 0 Å². The number of hydrogen-bond donors (Lipinski definition) is 1. The molecule has 0 aliphatic heterocycles. The molecule has 1 aromatic heterocycles. The molecule has 1 N–H and O–H groups in total. The number of aryl methyl sites for hydroxylation is 3. The van der Waals surface area contributed by atoms with E-state index in [4.69, 9.17) is 11.6 Å². The van der Waals surface area contributed by atoms with Crippen molar-refractivity contribution in [2.24, 2.45) is 7.05 Å². The van der Waals surface area contributed by atoms with Crippen molar-refractivity contribution in [2.45, 2.75) is 33.7 Å². The fourth-order valence-corrected chi connectivity index (χ4v) is 2.87. The van der Waals surface area contributed by atoms with Crippen LogP contribution in [-0.4, -0.2) is 21.6 Å². The van der Waals surface area contributed by atoms with Crippen molar-refractivity contribution < 1.29 is 9.59 Å². The molecule has 2 rings (SSSR count). The van der Waals surface area contributed by atoms with Crippen LogP contribution < -0.4 is 10.2 Å². The largest absolute Gasteiger partial charge is 0.326 e. The molecule has 1 aromatic carbocycles. The smallest absolute Gasteiger partial charge is 0.250 e. The molecule has 0 unspecified atom stereocenters. The Labute approximate surface area is 158 Å². The summed E-state index contributed by atoms with van der Waals surface area (Å²) in [6, 6.07) is 5.46. The van der Waals surface area contributed by atoms with Gasteiger partial charge in [-0.25, -0.2) is 0 Å². The van der Waals surface area contributed by atoms with Crippen LogP contribution in [0.2, 0.25) is 5.15 Å². The Morgan fingerprint density at radius 2 is 2.08 bits per heavy atom. The SMILES string of the molecule is C=CC(=O)N(Cc1c(C)nn(C)c1Cl)c1cc(NC(=O)CC)ccc1C. The summed E-state index contributed by atoms with van der Waals surface area (Å²) in [5, 5.41) is 7.60. The van der Waals surface area contributed by atoms with Crippen LogP contribution in [0.15, 0.2) is 30.9 Å². The maximum absolute atomic E-state index is 12.5. The van der Waals surface area contributed by atoms with Crippen LogP contribution in [0.25, 0.3) is 0 Å². The van der Waals surface area contributed by atoms with Crippen LogP contribution in [0.3, 0.4) is 0 Å². The Bertz CT molecular complexity index is 857. The molecule has 0 radical (unpaired) electrons. The fraction of sp³-hybridized carbons (Fsp3) is 0.316. The quantitative estimate of drug-likeness (QED) is 0.783. The number of carbonyl (C=O) groups excluding carboxylic acids is 2. The van der Waals surface area contributed by atoms with Gasteiger partial charge in [-0.05, 0) is 37.6 Å². The lowest BCUT2D eigenvalue weighted by atomic mass is 10.1. The number of anilines is 2. The van der Waals surface area contributed by atoms with Crippen molar-refractivity contribution in [3.05, 3.63) is 52.8 Å². The molecule has 0 bridgehead atoms. The third-order valence-electron chi connectivity index (χ3n) is 4.13. The number of nitrogens with one attached hydrogen (secondary N) is 1. The third-order valence-corrected chi connectivity index (χ3v) is 4.60. The normalized spacial score (nSPS) is 10.5. The van der Waals surface area contributed by atoms with Gasteiger partial charge >= 0.3 is 0 Å². The predicted octanol–water partition coefficient (Wildman–Crippen LogP) is 3.76. The van der Waals surface area contributed by atoms with Gasteiger partial charge in [0.05, 0.1) is 12.2 Å². The van der Waals surface area contributed by atoms with E-state index in [0.717, 1.165) is 16.8 Å². The van der Waals surface area contributed by atoms with Crippen molar-refractivity contribution in [3.63, 3.8) is 0 Å². The van der Waals surface area contributed by atoms with E-state index in [1.807, 2.05) is 26.0 Å². The number of halogens is 1. The summed E-state index contributed by atoms with van der Waals surface area (Å²) < 4.78 is 1.58. The van der Waals surface area contributed by atoms with Gasteiger partial charge in [0.1, 0.15) is 5.15 Å². The summed E-state index contributed by atoms with van der Waals surface area (Å²) in [6.07, 6.45) is 1.64. The lowest BCUT2D eigenvalue weighted by molar-refractivity contribution is -0.116. The topological polar surface area (TPSA) is 67.2 Å². The van der Waals surface area contributed by atoms with Crippen LogP contribution in [0.5, 0.6) is 0 Å². The number of amides is 2. The maximum atomic E-state index is 12.5. The van der Waals surface area contributed by atoms with Crippen molar-refractivity contribution in [1.82, 2.24) is 9.78 Å². The zero-order valence-electron chi connectivity index (χ0n) is 15.5. The Morgan fingerprint density at radius 3 is 2.62 bits per heavy atom. The van der Waals surface area contributed by atoms with Crippen LogP contribution in [0.4, 0.5) is 11.4 Å². The van der Waals surface area contributed by atoms with Gasteiger partial charge in [-0.1, -0.05) is 31.2 Å². The molecule has 0 aliphatic rings. The van der Waals surface area contributed by atoms with E-state index in [1.165, 1.54) is 6.08 Å². The van der Waals surface area contributed by atoms with E-state index in [0.29, 0.717) is 22.9 Å². The first-order chi connectivity index (χ1) is 12.3. The van der Waals surface area contributed by atoms with E-state index in [2.05, 4.69) is 17.0 Å². The average Bonchev–Trinajstić information content (AvgIpc) is 2.86. The minimum Gasteiger partial charge on any atom is -0.326 e. The summed E-state index contributed by atoms with van der Waals surface area (Å²) in [4.78, 5) is 25.8. The van der Waals surface area contributed by atoms with Crippen LogP contribution in [0.1, 0.15) is 30.2 Å². The van der Waals surface area contributed by atoms with Gasteiger partial charge in [-0.2, -0.15) is 5.10 Å². The number of benzene rings is 1. The maximum Gasteiger partial charge on any atom is 0.250 e. The second-order valence-corrected chi connectivity index (χ2v) is 6.37. The first-order valence-electron chi connectivity index (χ1n) is 8.30. The highest BCUT2D eigenvalue weighted by atomic mass is 35.5. The van der Waals surface area contributed by atoms with E-state index in [9.17, 15) is 9.59 Å². The highest BCUT2D eigenvalue weighted by Crippen LogP contribution is 2.29. The number of carbonyl (C=O) groups is 2. The summed E-state index contributed by atoms with van der Waals surface area (Å²) in [5.74, 6) is -0.348. The lowest BCUT2D eigenvalue weighted by Crippen LogP contribution is -2.29. The molecule has 0 spiro atoms. The molecule has 138 valence electrons. The standard InChI is InChI=1S/C19H23ClN4O2/c1-6-17(25)21-14-9-8-12(3)16(10-14)24(18(26)7-2)11-15-13(4)22-23(5)19(15)20/h7-10H,2,6,11H2,1,3-5H3,(H,21,25). The number of nitrogens with zero attached hydrogens (tertiary/aromatic N) is 3. The summed E-state index contributed by atoms with van der Waals surface area (Å²) >= 11 is 6.33. The highest BCUT2D eigenvalue weighted by Gasteiger charge is 2.21. The number of rotatable bonds is 6. The monoisotopic (exact) mass is 374 g/mol. The number of aromatic nitrogens is 2. The van der Waals surface area contributed by atoms with E-state index < -0.39 is 0 Å². The lowest BCUT2D eigenvalue weighted by Gasteiger charge is -2.24. The second-order valence-electron chi connectivity index (χ2n) is 6.01. The van der Waals surface area contributed by atoms with E-state index >= 15 is 0 Å². The first kappa shape index (κ1) is 19.7. The zero-order valence-corrected chi connectivity index (χ0v) is 16.2. The van der Waals surface area contributed by atoms with Gasteiger partial charge in [-0.3, -0.25) is 14.3 Å². The van der Waals surface area contributed by atoms with Gasteiger partial charge in [0.25, 0.3) is 5.91 Å². The highest BCUT2D eigenvalue weighted by molar-refractivity contribution is 6.30. The van der Waals surface area contributed by atoms with Gasteiger partial charge in [-0.15, -0.1) is 0 Å². The van der Waals surface area contributed by atoms with Gasteiger partial charge in [0, 0.05) is 30.4 Å². The third kappa shape index (κ3) is 4.14. The first-order valence-corrected chi connectivity index (χ1v) is 8.68. The van der Waals surface area contributed by atoms with E-state index in [1.54, 1.807) is 29.6 Å². The molecular formula is C19H23ClN4O2. The van der Waals surface area contributed by atoms with Crippen molar-refractivity contribution in [1.29, 1.82) is 0 Å². The van der Waals surface area contributed by atoms with Crippen LogP contribution >= 0.6 is 11.6 Å².